The number of aliphatic hydroxyl groups excluding tert-OH is 1. The van der Waals surface area contributed by atoms with Crippen molar-refractivity contribution in [1.82, 2.24) is 9.78 Å². The van der Waals surface area contributed by atoms with Crippen molar-refractivity contribution in [2.45, 2.75) is 19.4 Å². The zero-order valence-electron chi connectivity index (χ0n) is 8.67. The highest BCUT2D eigenvalue weighted by molar-refractivity contribution is 5.33. The Labute approximate surface area is 89.0 Å². The van der Waals surface area contributed by atoms with Gasteiger partial charge in [0.2, 0.25) is 0 Å². The molecule has 2 rings (SSSR count). The van der Waals surface area contributed by atoms with Crippen molar-refractivity contribution in [3.8, 4) is 5.69 Å². The van der Waals surface area contributed by atoms with E-state index in [9.17, 15) is 5.11 Å². The van der Waals surface area contributed by atoms with E-state index in [1.54, 1.807) is 13.1 Å². The minimum atomic E-state index is -0.291. The maximum absolute atomic E-state index is 9.24. The maximum Gasteiger partial charge on any atom is 0.0645 e. The summed E-state index contributed by atoms with van der Waals surface area (Å²) in [7, 11) is 0. The molecule has 78 valence electrons. The molecule has 0 aliphatic rings. The molecule has 0 saturated heterocycles. The summed E-state index contributed by atoms with van der Waals surface area (Å²) in [5.41, 5.74) is 2.18. The minimum Gasteiger partial charge on any atom is -0.393 e. The lowest BCUT2D eigenvalue weighted by Gasteiger charge is -2.05. The SMILES string of the molecule is C[C@H](O)Cc1ccc(-n2cccn2)cc1. The highest BCUT2D eigenvalue weighted by atomic mass is 16.3. The monoisotopic (exact) mass is 202 g/mol. The minimum absolute atomic E-state index is 0.291. The number of nitrogens with zero attached hydrogens (tertiary/aromatic N) is 2. The van der Waals surface area contributed by atoms with E-state index in [1.165, 1.54) is 0 Å². The quantitative estimate of drug-likeness (QED) is 0.824. The summed E-state index contributed by atoms with van der Waals surface area (Å²) in [6.45, 7) is 1.79. The van der Waals surface area contributed by atoms with Crippen LogP contribution >= 0.6 is 0 Å². The Hall–Kier alpha value is -1.61. The molecule has 0 radical (unpaired) electrons. The lowest BCUT2D eigenvalue weighted by atomic mass is 10.1. The highest BCUT2D eigenvalue weighted by Crippen LogP contribution is 2.10. The van der Waals surface area contributed by atoms with Gasteiger partial charge in [-0.05, 0) is 37.1 Å². The van der Waals surface area contributed by atoms with Crippen molar-refractivity contribution in [3.63, 3.8) is 0 Å². The molecule has 0 saturated carbocycles. The summed E-state index contributed by atoms with van der Waals surface area (Å²) in [6.07, 6.45) is 4.06. The molecule has 1 aromatic carbocycles. The number of rotatable bonds is 3. The summed E-state index contributed by atoms with van der Waals surface area (Å²) in [5, 5.41) is 13.4. The van der Waals surface area contributed by atoms with Gasteiger partial charge in [-0.3, -0.25) is 0 Å². The van der Waals surface area contributed by atoms with Crippen LogP contribution in [0.4, 0.5) is 0 Å². The van der Waals surface area contributed by atoms with Gasteiger partial charge in [0.25, 0.3) is 0 Å². The van der Waals surface area contributed by atoms with Gasteiger partial charge in [0.05, 0.1) is 11.8 Å². The predicted octanol–water partition coefficient (Wildman–Crippen LogP) is 1.80. The molecule has 1 heterocycles. The Bertz CT molecular complexity index is 404. The van der Waals surface area contributed by atoms with Crippen molar-refractivity contribution in [2.75, 3.05) is 0 Å². The fourth-order valence-corrected chi connectivity index (χ4v) is 1.55. The van der Waals surface area contributed by atoms with Crippen molar-refractivity contribution >= 4 is 0 Å². The van der Waals surface area contributed by atoms with Gasteiger partial charge in [-0.1, -0.05) is 12.1 Å². The molecular weight excluding hydrogens is 188 g/mol. The number of hydrogen-bond donors (Lipinski definition) is 1. The van der Waals surface area contributed by atoms with E-state index in [0.717, 1.165) is 11.3 Å². The molecule has 0 unspecified atom stereocenters. The summed E-state index contributed by atoms with van der Waals surface area (Å²) in [4.78, 5) is 0. The van der Waals surface area contributed by atoms with E-state index in [0.29, 0.717) is 6.42 Å². The average Bonchev–Trinajstić information content (AvgIpc) is 2.71. The molecule has 0 amide bonds. The van der Waals surface area contributed by atoms with Crippen LogP contribution < -0.4 is 0 Å². The Morgan fingerprint density at radius 3 is 2.60 bits per heavy atom. The molecule has 1 N–H and O–H groups in total. The highest BCUT2D eigenvalue weighted by Gasteiger charge is 2.00. The van der Waals surface area contributed by atoms with Crippen molar-refractivity contribution in [3.05, 3.63) is 48.3 Å². The molecular formula is C12H14N2O. The molecule has 1 aromatic heterocycles. The lowest BCUT2D eigenvalue weighted by molar-refractivity contribution is 0.195. The van der Waals surface area contributed by atoms with Gasteiger partial charge < -0.3 is 5.11 Å². The fourth-order valence-electron chi connectivity index (χ4n) is 1.55. The molecule has 2 aromatic rings. The van der Waals surface area contributed by atoms with Crippen LogP contribution in [-0.4, -0.2) is 21.0 Å². The van der Waals surface area contributed by atoms with Crippen molar-refractivity contribution in [2.24, 2.45) is 0 Å². The topological polar surface area (TPSA) is 38.0 Å². The first-order valence-electron chi connectivity index (χ1n) is 5.03. The van der Waals surface area contributed by atoms with E-state index < -0.39 is 0 Å². The van der Waals surface area contributed by atoms with Crippen molar-refractivity contribution < 1.29 is 5.11 Å². The number of benzene rings is 1. The van der Waals surface area contributed by atoms with Crippen LogP contribution in [-0.2, 0) is 6.42 Å². The van der Waals surface area contributed by atoms with Gasteiger partial charge >= 0.3 is 0 Å². The van der Waals surface area contributed by atoms with Gasteiger partial charge in [0.1, 0.15) is 0 Å². The van der Waals surface area contributed by atoms with E-state index in [4.69, 9.17) is 0 Å². The largest absolute Gasteiger partial charge is 0.393 e. The third-order valence-electron chi connectivity index (χ3n) is 2.24. The number of aromatic nitrogens is 2. The lowest BCUT2D eigenvalue weighted by Crippen LogP contribution is -2.04. The average molecular weight is 202 g/mol. The van der Waals surface area contributed by atoms with E-state index in [-0.39, 0.29) is 6.10 Å². The second-order valence-corrected chi connectivity index (χ2v) is 3.67. The summed E-state index contributed by atoms with van der Waals surface area (Å²) in [5.74, 6) is 0. The zero-order valence-corrected chi connectivity index (χ0v) is 8.67. The molecule has 0 bridgehead atoms. The van der Waals surface area contributed by atoms with Crippen LogP contribution in [0, 0.1) is 0 Å². The second kappa shape index (κ2) is 4.28. The van der Waals surface area contributed by atoms with Gasteiger partial charge in [-0.2, -0.15) is 5.10 Å². The van der Waals surface area contributed by atoms with E-state index >= 15 is 0 Å². The molecule has 0 aliphatic heterocycles. The summed E-state index contributed by atoms with van der Waals surface area (Å²) in [6, 6.07) is 9.94. The normalized spacial score (nSPS) is 12.7. The van der Waals surface area contributed by atoms with Crippen molar-refractivity contribution in [1.29, 1.82) is 0 Å². The molecule has 3 heteroatoms. The number of hydrogen-bond acceptors (Lipinski definition) is 2. The first-order valence-corrected chi connectivity index (χ1v) is 5.03. The summed E-state index contributed by atoms with van der Waals surface area (Å²) < 4.78 is 1.81. The van der Waals surface area contributed by atoms with Gasteiger partial charge in [-0.15, -0.1) is 0 Å². The number of aliphatic hydroxyl groups is 1. The van der Waals surface area contributed by atoms with Gasteiger partial charge in [-0.25, -0.2) is 4.68 Å². The Morgan fingerprint density at radius 2 is 2.07 bits per heavy atom. The third-order valence-corrected chi connectivity index (χ3v) is 2.24. The molecule has 0 aliphatic carbocycles. The van der Waals surface area contributed by atoms with Crippen LogP contribution in [0.25, 0.3) is 5.69 Å². The van der Waals surface area contributed by atoms with Crippen LogP contribution in [0.1, 0.15) is 12.5 Å². The molecule has 0 fully saturated rings. The fraction of sp³-hybridized carbons (Fsp3) is 0.250. The Morgan fingerprint density at radius 1 is 1.33 bits per heavy atom. The van der Waals surface area contributed by atoms with Crippen LogP contribution in [0.5, 0.6) is 0 Å². The summed E-state index contributed by atoms with van der Waals surface area (Å²) >= 11 is 0. The first-order chi connectivity index (χ1) is 7.25. The molecule has 15 heavy (non-hydrogen) atoms. The predicted molar refractivity (Wildman–Crippen MR) is 58.9 cm³/mol. The van der Waals surface area contributed by atoms with Gasteiger partial charge in [0.15, 0.2) is 0 Å². The smallest absolute Gasteiger partial charge is 0.0645 e. The molecule has 1 atom stereocenters. The third kappa shape index (κ3) is 2.44. The van der Waals surface area contributed by atoms with Crippen LogP contribution in [0.2, 0.25) is 0 Å². The molecule has 3 nitrogen and oxygen atoms in total. The standard InChI is InChI=1S/C12H14N2O/c1-10(15)9-11-3-5-12(6-4-11)14-8-2-7-13-14/h2-8,10,15H,9H2,1H3/t10-/m0/s1. The van der Waals surface area contributed by atoms with Crippen LogP contribution in [0.3, 0.4) is 0 Å². The van der Waals surface area contributed by atoms with Gasteiger partial charge in [0, 0.05) is 12.4 Å². The second-order valence-electron chi connectivity index (χ2n) is 3.67. The Kier molecular flexibility index (Phi) is 2.83. The Balaban J connectivity index is 2.17. The van der Waals surface area contributed by atoms with E-state index in [1.807, 2.05) is 41.2 Å². The maximum atomic E-state index is 9.24. The van der Waals surface area contributed by atoms with Crippen LogP contribution in [0.15, 0.2) is 42.7 Å². The first kappa shape index (κ1) is 9.93. The zero-order chi connectivity index (χ0) is 10.7. The molecule has 0 spiro atoms. The van der Waals surface area contributed by atoms with E-state index in [2.05, 4.69) is 5.10 Å².